The van der Waals surface area contributed by atoms with Crippen molar-refractivity contribution in [3.05, 3.63) is 0 Å². The van der Waals surface area contributed by atoms with Crippen molar-refractivity contribution in [2.75, 3.05) is 19.6 Å². The third-order valence-electron chi connectivity index (χ3n) is 3.44. The Balaban J connectivity index is 1.71. The maximum absolute atomic E-state index is 6.03. The number of aliphatic imine (C=N–C) groups is 2. The van der Waals surface area contributed by atoms with Crippen molar-refractivity contribution in [1.82, 2.24) is 16.0 Å². The van der Waals surface area contributed by atoms with Crippen LogP contribution < -0.4 is 16.0 Å². The molecule has 3 unspecified atom stereocenters. The standard InChI is InChI=1S/C15H29N5O/c1-10(21-11(2)13-16-6-7-17-13)8-12-9-18-14(19-12)20-15(3,4)5/h10-12H,6-9H2,1-5H3,(H,16,17)(H2,18,19,20). The first-order chi connectivity index (χ1) is 9.83. The number of rotatable bonds is 5. The fourth-order valence-corrected chi connectivity index (χ4v) is 2.61. The van der Waals surface area contributed by atoms with Gasteiger partial charge in [0.1, 0.15) is 11.9 Å². The van der Waals surface area contributed by atoms with Crippen molar-refractivity contribution in [3.63, 3.8) is 0 Å². The number of guanidine groups is 1. The Morgan fingerprint density at radius 1 is 1.33 bits per heavy atom. The van der Waals surface area contributed by atoms with Gasteiger partial charge >= 0.3 is 0 Å². The number of nitrogens with zero attached hydrogens (tertiary/aromatic N) is 2. The Kier molecular flexibility index (Phi) is 5.08. The van der Waals surface area contributed by atoms with E-state index in [1.165, 1.54) is 0 Å². The van der Waals surface area contributed by atoms with Gasteiger partial charge in [-0.1, -0.05) is 0 Å². The summed E-state index contributed by atoms with van der Waals surface area (Å²) in [6.07, 6.45) is 1.15. The second-order valence-corrected chi connectivity index (χ2v) is 6.92. The first-order valence-electron chi connectivity index (χ1n) is 7.86. The lowest BCUT2D eigenvalue weighted by Crippen LogP contribution is -2.48. The van der Waals surface area contributed by atoms with E-state index in [-0.39, 0.29) is 17.7 Å². The Morgan fingerprint density at radius 2 is 2.10 bits per heavy atom. The van der Waals surface area contributed by atoms with Gasteiger partial charge in [-0.05, 0) is 41.0 Å². The van der Waals surface area contributed by atoms with Crippen LogP contribution in [0.2, 0.25) is 0 Å². The molecule has 6 heteroatoms. The zero-order valence-corrected chi connectivity index (χ0v) is 13.9. The van der Waals surface area contributed by atoms with E-state index in [1.807, 2.05) is 0 Å². The molecule has 0 bridgehead atoms. The third-order valence-corrected chi connectivity index (χ3v) is 3.44. The largest absolute Gasteiger partial charge is 0.370 e. The molecular formula is C15H29N5O. The minimum absolute atomic E-state index is 0.0314. The van der Waals surface area contributed by atoms with E-state index in [2.05, 4.69) is 60.6 Å². The van der Waals surface area contributed by atoms with E-state index in [0.29, 0.717) is 6.04 Å². The van der Waals surface area contributed by atoms with Crippen molar-refractivity contribution in [1.29, 1.82) is 0 Å². The van der Waals surface area contributed by atoms with E-state index in [4.69, 9.17) is 4.74 Å². The van der Waals surface area contributed by atoms with Gasteiger partial charge in [-0.2, -0.15) is 0 Å². The molecule has 0 radical (unpaired) electrons. The zero-order chi connectivity index (χ0) is 15.5. The molecule has 0 aromatic rings. The minimum Gasteiger partial charge on any atom is -0.370 e. The van der Waals surface area contributed by atoms with Crippen LogP contribution in [0.1, 0.15) is 41.0 Å². The molecule has 0 aliphatic carbocycles. The Labute approximate surface area is 127 Å². The van der Waals surface area contributed by atoms with E-state index in [1.54, 1.807) is 0 Å². The monoisotopic (exact) mass is 295 g/mol. The number of hydrogen-bond acceptors (Lipinski definition) is 6. The van der Waals surface area contributed by atoms with E-state index in [0.717, 1.165) is 37.9 Å². The van der Waals surface area contributed by atoms with Crippen LogP contribution in [0.15, 0.2) is 9.98 Å². The second-order valence-electron chi connectivity index (χ2n) is 6.92. The first-order valence-corrected chi connectivity index (χ1v) is 7.86. The summed E-state index contributed by atoms with van der Waals surface area (Å²) in [7, 11) is 0. The summed E-state index contributed by atoms with van der Waals surface area (Å²) in [5.74, 6) is 1.88. The molecule has 2 rings (SSSR count). The van der Waals surface area contributed by atoms with Gasteiger partial charge in [0.2, 0.25) is 0 Å². The summed E-state index contributed by atoms with van der Waals surface area (Å²) in [4.78, 5) is 8.92. The highest BCUT2D eigenvalue weighted by molar-refractivity contribution is 5.87. The number of nitrogens with one attached hydrogen (secondary N) is 3. The minimum atomic E-state index is 0.0314. The molecule has 2 aliphatic rings. The van der Waals surface area contributed by atoms with Crippen LogP contribution in [0.25, 0.3) is 0 Å². The van der Waals surface area contributed by atoms with Gasteiger partial charge in [-0.25, -0.2) is 0 Å². The molecule has 0 saturated heterocycles. The molecule has 6 nitrogen and oxygen atoms in total. The van der Waals surface area contributed by atoms with Gasteiger partial charge in [-0.3, -0.25) is 9.98 Å². The summed E-state index contributed by atoms with van der Waals surface area (Å²) in [6.45, 7) is 13.2. The summed E-state index contributed by atoms with van der Waals surface area (Å²) in [5, 5.41) is 10.1. The summed E-state index contributed by atoms with van der Waals surface area (Å²) in [6, 6.07) is 0.343. The van der Waals surface area contributed by atoms with E-state index >= 15 is 0 Å². The average molecular weight is 295 g/mol. The topological polar surface area (TPSA) is 70.0 Å². The van der Waals surface area contributed by atoms with E-state index < -0.39 is 0 Å². The van der Waals surface area contributed by atoms with Gasteiger partial charge in [-0.15, -0.1) is 0 Å². The lowest BCUT2D eigenvalue weighted by molar-refractivity contribution is 0.0338. The fraction of sp³-hybridized carbons (Fsp3) is 0.867. The van der Waals surface area contributed by atoms with Crippen LogP contribution >= 0.6 is 0 Å². The van der Waals surface area contributed by atoms with Crippen LogP contribution in [0, 0.1) is 0 Å². The molecule has 0 saturated carbocycles. The van der Waals surface area contributed by atoms with Crippen LogP contribution in [0.4, 0.5) is 0 Å². The van der Waals surface area contributed by atoms with Crippen LogP contribution in [0.5, 0.6) is 0 Å². The maximum atomic E-state index is 6.03. The Hall–Kier alpha value is -1.30. The lowest BCUT2D eigenvalue weighted by atomic mass is 10.1. The molecule has 0 aromatic carbocycles. The molecule has 0 fully saturated rings. The summed E-state index contributed by atoms with van der Waals surface area (Å²) >= 11 is 0. The van der Waals surface area contributed by atoms with Crippen molar-refractivity contribution in [2.24, 2.45) is 9.98 Å². The predicted octanol–water partition coefficient (Wildman–Crippen LogP) is 0.888. The SMILES string of the molecule is CC(CC1CN=C(NC(C)(C)C)N1)OC(C)C1=NCCN1. The highest BCUT2D eigenvalue weighted by Gasteiger charge is 2.24. The molecule has 2 heterocycles. The highest BCUT2D eigenvalue weighted by Crippen LogP contribution is 2.11. The van der Waals surface area contributed by atoms with Gasteiger partial charge < -0.3 is 20.7 Å². The van der Waals surface area contributed by atoms with E-state index in [9.17, 15) is 0 Å². The van der Waals surface area contributed by atoms with Crippen molar-refractivity contribution in [3.8, 4) is 0 Å². The van der Waals surface area contributed by atoms with Crippen LogP contribution in [-0.4, -0.2) is 55.2 Å². The van der Waals surface area contributed by atoms with Crippen LogP contribution in [0.3, 0.4) is 0 Å². The molecule has 0 amide bonds. The summed E-state index contributed by atoms with van der Waals surface area (Å²) in [5.41, 5.74) is 0.0314. The number of hydrogen-bond donors (Lipinski definition) is 3. The van der Waals surface area contributed by atoms with Crippen molar-refractivity contribution >= 4 is 11.8 Å². The molecule has 120 valence electrons. The normalized spacial score (nSPS) is 24.7. The molecule has 0 spiro atoms. The molecular weight excluding hydrogens is 266 g/mol. The zero-order valence-electron chi connectivity index (χ0n) is 13.9. The second kappa shape index (κ2) is 6.64. The lowest BCUT2D eigenvalue weighted by Gasteiger charge is -2.24. The highest BCUT2D eigenvalue weighted by atomic mass is 16.5. The smallest absolute Gasteiger partial charge is 0.192 e. The Bertz CT molecular complexity index is 413. The Morgan fingerprint density at radius 3 is 2.71 bits per heavy atom. The van der Waals surface area contributed by atoms with Gasteiger partial charge in [0, 0.05) is 12.1 Å². The fourth-order valence-electron chi connectivity index (χ4n) is 2.61. The quantitative estimate of drug-likeness (QED) is 0.704. The molecule has 0 aromatic heterocycles. The number of ether oxygens (including phenoxy) is 1. The van der Waals surface area contributed by atoms with Gasteiger partial charge in [0.05, 0.1) is 25.2 Å². The third kappa shape index (κ3) is 5.19. The first kappa shape index (κ1) is 16.1. The van der Waals surface area contributed by atoms with Gasteiger partial charge in [0.25, 0.3) is 0 Å². The summed E-state index contributed by atoms with van der Waals surface area (Å²) < 4.78 is 6.03. The average Bonchev–Trinajstić information content (AvgIpc) is 2.98. The predicted molar refractivity (Wildman–Crippen MR) is 87.0 cm³/mol. The molecule has 3 atom stereocenters. The van der Waals surface area contributed by atoms with Crippen molar-refractivity contribution < 1.29 is 4.74 Å². The van der Waals surface area contributed by atoms with Crippen LogP contribution in [-0.2, 0) is 4.74 Å². The van der Waals surface area contributed by atoms with Gasteiger partial charge in [0.15, 0.2) is 5.96 Å². The maximum Gasteiger partial charge on any atom is 0.192 e. The van der Waals surface area contributed by atoms with Crippen molar-refractivity contribution in [2.45, 2.75) is 64.8 Å². The molecule has 2 aliphatic heterocycles. The number of amidine groups is 1. The molecule has 3 N–H and O–H groups in total. The molecule has 21 heavy (non-hydrogen) atoms.